The van der Waals surface area contributed by atoms with Gasteiger partial charge in [0.05, 0.1) is 13.0 Å². The van der Waals surface area contributed by atoms with E-state index in [9.17, 15) is 9.90 Å². The first-order valence-electron chi connectivity index (χ1n) is 6.29. The highest BCUT2D eigenvalue weighted by atomic mass is 79.9. The molecule has 0 aliphatic carbocycles. The molecule has 1 rings (SSSR count). The van der Waals surface area contributed by atoms with Gasteiger partial charge < -0.3 is 9.84 Å². The van der Waals surface area contributed by atoms with Crippen LogP contribution >= 0.6 is 15.9 Å². The van der Waals surface area contributed by atoms with Gasteiger partial charge in [-0.15, -0.1) is 0 Å². The van der Waals surface area contributed by atoms with Crippen LogP contribution in [0.15, 0.2) is 4.47 Å². The van der Waals surface area contributed by atoms with Gasteiger partial charge in [0.15, 0.2) is 0 Å². The Balaban J connectivity index is 3.70. The van der Waals surface area contributed by atoms with Crippen LogP contribution in [-0.2, 0) is 4.79 Å². The van der Waals surface area contributed by atoms with Gasteiger partial charge in [-0.25, -0.2) is 0 Å². The Morgan fingerprint density at radius 1 is 1.16 bits per heavy atom. The van der Waals surface area contributed by atoms with E-state index in [4.69, 9.17) is 4.74 Å². The van der Waals surface area contributed by atoms with Gasteiger partial charge in [-0.05, 0) is 43.4 Å². The van der Waals surface area contributed by atoms with E-state index in [1.54, 1.807) is 7.11 Å². The number of rotatable bonds is 4. The number of carbonyl (C=O) groups is 1. The standard InChI is InChI=1S/C15H21BrO3/c1-7(2)11(15(17)18)12-10(5)13(16)8(3)9(4)14(12)19-6/h7,11H,1-6H3,(H,17,18). The smallest absolute Gasteiger partial charge is 0.311 e. The minimum Gasteiger partial charge on any atom is -0.496 e. The zero-order valence-corrected chi connectivity index (χ0v) is 13.9. The molecule has 1 atom stereocenters. The van der Waals surface area contributed by atoms with Gasteiger partial charge in [0.2, 0.25) is 0 Å². The number of methoxy groups -OCH3 is 1. The molecular formula is C15H21BrO3. The maximum Gasteiger partial charge on any atom is 0.311 e. The highest BCUT2D eigenvalue weighted by Crippen LogP contribution is 2.42. The van der Waals surface area contributed by atoms with Crippen LogP contribution in [0.5, 0.6) is 5.75 Å². The Morgan fingerprint density at radius 3 is 2.05 bits per heavy atom. The zero-order chi connectivity index (χ0) is 14.9. The highest BCUT2D eigenvalue weighted by Gasteiger charge is 2.31. The van der Waals surface area contributed by atoms with Gasteiger partial charge in [-0.3, -0.25) is 4.79 Å². The van der Waals surface area contributed by atoms with Gasteiger partial charge >= 0.3 is 5.97 Å². The third kappa shape index (κ3) is 2.78. The topological polar surface area (TPSA) is 46.5 Å². The Hall–Kier alpha value is -1.03. The van der Waals surface area contributed by atoms with E-state index in [0.29, 0.717) is 5.75 Å². The van der Waals surface area contributed by atoms with Gasteiger partial charge in [0, 0.05) is 10.0 Å². The van der Waals surface area contributed by atoms with Gasteiger partial charge in [-0.1, -0.05) is 29.8 Å². The number of hydrogen-bond donors (Lipinski definition) is 1. The quantitative estimate of drug-likeness (QED) is 0.900. The molecule has 4 heteroatoms. The van der Waals surface area contributed by atoms with Crippen LogP contribution in [0, 0.1) is 26.7 Å². The molecule has 1 aromatic rings. The van der Waals surface area contributed by atoms with Gasteiger partial charge in [0.25, 0.3) is 0 Å². The SMILES string of the molecule is COc1c(C)c(C)c(Br)c(C)c1C(C(=O)O)C(C)C. The number of carboxylic acid groups (broad SMARTS) is 1. The van der Waals surface area contributed by atoms with Crippen molar-refractivity contribution in [2.75, 3.05) is 7.11 Å². The van der Waals surface area contributed by atoms with E-state index < -0.39 is 11.9 Å². The van der Waals surface area contributed by atoms with Crippen molar-refractivity contribution in [3.8, 4) is 5.75 Å². The van der Waals surface area contributed by atoms with E-state index >= 15 is 0 Å². The minimum absolute atomic E-state index is 0.000828. The molecule has 0 spiro atoms. The van der Waals surface area contributed by atoms with Crippen molar-refractivity contribution in [1.82, 2.24) is 0 Å². The fourth-order valence-corrected chi connectivity index (χ4v) is 3.00. The highest BCUT2D eigenvalue weighted by molar-refractivity contribution is 9.10. The lowest BCUT2D eigenvalue weighted by Gasteiger charge is -2.25. The van der Waals surface area contributed by atoms with Crippen molar-refractivity contribution in [3.63, 3.8) is 0 Å². The minimum atomic E-state index is -0.813. The van der Waals surface area contributed by atoms with Crippen LogP contribution in [0.25, 0.3) is 0 Å². The molecule has 0 amide bonds. The molecule has 0 fully saturated rings. The summed E-state index contributed by atoms with van der Waals surface area (Å²) in [5.41, 5.74) is 3.80. The van der Waals surface area contributed by atoms with E-state index in [-0.39, 0.29) is 5.92 Å². The van der Waals surface area contributed by atoms with Crippen molar-refractivity contribution in [1.29, 1.82) is 0 Å². The number of aliphatic carboxylic acids is 1. The molecule has 1 N–H and O–H groups in total. The molecule has 106 valence electrons. The number of carboxylic acids is 1. The Morgan fingerprint density at radius 2 is 1.68 bits per heavy atom. The molecule has 0 bridgehead atoms. The number of halogens is 1. The lowest BCUT2D eigenvalue weighted by Crippen LogP contribution is -2.20. The Kier molecular flexibility index (Phi) is 5.02. The average Bonchev–Trinajstić information content (AvgIpc) is 2.32. The molecule has 19 heavy (non-hydrogen) atoms. The number of ether oxygens (including phenoxy) is 1. The predicted molar refractivity (Wildman–Crippen MR) is 80.1 cm³/mol. The second-order valence-electron chi connectivity index (χ2n) is 5.20. The first-order chi connectivity index (χ1) is 8.73. The van der Waals surface area contributed by atoms with Crippen LogP contribution in [0.1, 0.15) is 42.0 Å². The van der Waals surface area contributed by atoms with Crippen molar-refractivity contribution >= 4 is 21.9 Å². The van der Waals surface area contributed by atoms with Gasteiger partial charge in [-0.2, -0.15) is 0 Å². The molecule has 0 radical (unpaired) electrons. The fourth-order valence-electron chi connectivity index (χ4n) is 2.49. The summed E-state index contributed by atoms with van der Waals surface area (Å²) in [6.07, 6.45) is 0. The molecule has 3 nitrogen and oxygen atoms in total. The largest absolute Gasteiger partial charge is 0.496 e. The van der Waals surface area contributed by atoms with Crippen LogP contribution in [-0.4, -0.2) is 18.2 Å². The van der Waals surface area contributed by atoms with Crippen LogP contribution in [0.3, 0.4) is 0 Å². The molecule has 0 aromatic heterocycles. The summed E-state index contributed by atoms with van der Waals surface area (Å²) in [7, 11) is 1.60. The molecule has 0 heterocycles. The summed E-state index contributed by atoms with van der Waals surface area (Å²) < 4.78 is 6.46. The number of benzene rings is 1. The van der Waals surface area contributed by atoms with E-state index in [2.05, 4.69) is 15.9 Å². The van der Waals surface area contributed by atoms with Gasteiger partial charge in [0.1, 0.15) is 5.75 Å². The molecule has 1 unspecified atom stereocenters. The summed E-state index contributed by atoms with van der Waals surface area (Å²) in [4.78, 5) is 11.6. The summed E-state index contributed by atoms with van der Waals surface area (Å²) >= 11 is 3.56. The van der Waals surface area contributed by atoms with Crippen molar-refractivity contribution < 1.29 is 14.6 Å². The fraction of sp³-hybridized carbons (Fsp3) is 0.533. The zero-order valence-electron chi connectivity index (χ0n) is 12.3. The van der Waals surface area contributed by atoms with Crippen molar-refractivity contribution in [3.05, 3.63) is 26.7 Å². The van der Waals surface area contributed by atoms with Crippen LogP contribution < -0.4 is 4.74 Å². The first kappa shape index (κ1) is 16.0. The maximum atomic E-state index is 11.6. The predicted octanol–water partition coefficient (Wildman–Crippen LogP) is 4.21. The van der Waals surface area contributed by atoms with E-state index in [0.717, 1.165) is 26.7 Å². The lowest BCUT2D eigenvalue weighted by molar-refractivity contribution is -0.139. The van der Waals surface area contributed by atoms with Crippen LogP contribution in [0.4, 0.5) is 0 Å². The molecule has 0 saturated carbocycles. The third-order valence-corrected chi connectivity index (χ3v) is 4.85. The first-order valence-corrected chi connectivity index (χ1v) is 7.09. The summed E-state index contributed by atoms with van der Waals surface area (Å²) in [5, 5.41) is 9.52. The molecular weight excluding hydrogens is 308 g/mol. The van der Waals surface area contributed by atoms with Crippen molar-refractivity contribution in [2.45, 2.75) is 40.5 Å². The maximum absolute atomic E-state index is 11.6. The summed E-state index contributed by atoms with van der Waals surface area (Å²) in [5.74, 6) is -0.685. The average molecular weight is 329 g/mol. The van der Waals surface area contributed by atoms with E-state index in [1.165, 1.54) is 0 Å². The molecule has 0 aliphatic rings. The van der Waals surface area contributed by atoms with Crippen molar-refractivity contribution in [2.24, 2.45) is 5.92 Å². The summed E-state index contributed by atoms with van der Waals surface area (Å²) in [6, 6.07) is 0. The number of hydrogen-bond acceptors (Lipinski definition) is 2. The van der Waals surface area contributed by atoms with Crippen LogP contribution in [0.2, 0.25) is 0 Å². The van der Waals surface area contributed by atoms with E-state index in [1.807, 2.05) is 34.6 Å². The Labute approximate surface area is 123 Å². The monoisotopic (exact) mass is 328 g/mol. The molecule has 0 aliphatic heterocycles. The lowest BCUT2D eigenvalue weighted by atomic mass is 9.83. The second kappa shape index (κ2) is 5.95. The molecule has 0 saturated heterocycles. The Bertz CT molecular complexity index is 507. The third-order valence-electron chi connectivity index (χ3n) is 3.66. The molecule has 1 aromatic carbocycles. The normalized spacial score (nSPS) is 12.6. The second-order valence-corrected chi connectivity index (χ2v) is 5.99. The summed E-state index contributed by atoms with van der Waals surface area (Å²) in [6.45, 7) is 9.74.